The Bertz CT molecular complexity index is 636. The molecule has 1 saturated heterocycles. The minimum Gasteiger partial charge on any atom is -0.381 e. The van der Waals surface area contributed by atoms with Crippen molar-refractivity contribution in [3.63, 3.8) is 0 Å². The molecule has 2 amide bonds. The zero-order valence-corrected chi connectivity index (χ0v) is 13.2. The van der Waals surface area contributed by atoms with E-state index in [1.54, 1.807) is 0 Å². The lowest BCUT2D eigenvalue weighted by Gasteiger charge is -2.23. The first-order valence-electron chi connectivity index (χ1n) is 7.96. The number of anilines is 1. The van der Waals surface area contributed by atoms with Gasteiger partial charge in [0, 0.05) is 31.9 Å². The van der Waals surface area contributed by atoms with E-state index in [4.69, 9.17) is 4.74 Å². The number of ether oxygens (including phenoxy) is 1. The molecule has 2 heterocycles. The number of nitrogens with one attached hydrogen (secondary N) is 1. The van der Waals surface area contributed by atoms with Gasteiger partial charge in [0.25, 0.3) is 5.91 Å². The number of hydrogen-bond acceptors (Lipinski definition) is 4. The molecule has 0 saturated carbocycles. The molecule has 2 aliphatic rings. The molecular formula is C17H21N3O3. The van der Waals surface area contributed by atoms with Crippen LogP contribution in [0, 0.1) is 12.8 Å². The number of rotatable bonds is 4. The highest BCUT2D eigenvalue weighted by Crippen LogP contribution is 2.21. The van der Waals surface area contributed by atoms with Gasteiger partial charge in [0.05, 0.1) is 12.3 Å². The number of amides is 2. The third-order valence-electron chi connectivity index (χ3n) is 4.12. The molecule has 0 radical (unpaired) electrons. The summed E-state index contributed by atoms with van der Waals surface area (Å²) in [5, 5.41) is 8.52. The smallest absolute Gasteiger partial charge is 0.267 e. The zero-order valence-electron chi connectivity index (χ0n) is 13.2. The van der Waals surface area contributed by atoms with Crippen LogP contribution in [0.15, 0.2) is 29.4 Å². The lowest BCUT2D eigenvalue weighted by Crippen LogP contribution is -2.40. The van der Waals surface area contributed by atoms with E-state index in [9.17, 15) is 9.59 Å². The predicted molar refractivity (Wildman–Crippen MR) is 87.3 cm³/mol. The Morgan fingerprint density at radius 2 is 2.30 bits per heavy atom. The summed E-state index contributed by atoms with van der Waals surface area (Å²) >= 11 is 0. The van der Waals surface area contributed by atoms with Gasteiger partial charge >= 0.3 is 0 Å². The van der Waals surface area contributed by atoms with Crippen molar-refractivity contribution in [1.82, 2.24) is 5.32 Å². The fourth-order valence-corrected chi connectivity index (χ4v) is 2.76. The van der Waals surface area contributed by atoms with Crippen LogP contribution in [-0.2, 0) is 14.3 Å². The van der Waals surface area contributed by atoms with Crippen LogP contribution >= 0.6 is 0 Å². The SMILES string of the molecule is Cc1cccc(N2N=C(C(=O)NC[C@@H]3CCOC3)CCC2=O)c1. The van der Waals surface area contributed by atoms with Crippen molar-refractivity contribution in [1.29, 1.82) is 0 Å². The first kappa shape index (κ1) is 15.7. The predicted octanol–water partition coefficient (Wildman–Crippen LogP) is 1.63. The summed E-state index contributed by atoms with van der Waals surface area (Å²) in [7, 11) is 0. The van der Waals surface area contributed by atoms with E-state index in [2.05, 4.69) is 10.4 Å². The third-order valence-corrected chi connectivity index (χ3v) is 4.12. The number of hydrogen-bond donors (Lipinski definition) is 1. The van der Waals surface area contributed by atoms with Crippen LogP contribution in [0.1, 0.15) is 24.8 Å². The first-order valence-corrected chi connectivity index (χ1v) is 7.96. The van der Waals surface area contributed by atoms with Gasteiger partial charge in [0.15, 0.2) is 0 Å². The quantitative estimate of drug-likeness (QED) is 0.918. The molecule has 0 spiro atoms. The van der Waals surface area contributed by atoms with Crippen LogP contribution in [0.2, 0.25) is 0 Å². The highest BCUT2D eigenvalue weighted by atomic mass is 16.5. The summed E-state index contributed by atoms with van der Waals surface area (Å²) in [6, 6.07) is 7.55. The number of benzene rings is 1. The molecule has 1 aromatic carbocycles. The summed E-state index contributed by atoms with van der Waals surface area (Å²) in [4.78, 5) is 24.4. The van der Waals surface area contributed by atoms with Crippen molar-refractivity contribution in [2.45, 2.75) is 26.2 Å². The van der Waals surface area contributed by atoms with Gasteiger partial charge in [0.2, 0.25) is 5.91 Å². The number of aryl methyl sites for hydroxylation is 1. The van der Waals surface area contributed by atoms with E-state index >= 15 is 0 Å². The summed E-state index contributed by atoms with van der Waals surface area (Å²) in [6.07, 6.45) is 1.65. The van der Waals surface area contributed by atoms with Crippen LogP contribution in [0.25, 0.3) is 0 Å². The fraction of sp³-hybridized carbons (Fsp3) is 0.471. The van der Waals surface area contributed by atoms with Gasteiger partial charge in [-0.2, -0.15) is 5.10 Å². The Balaban J connectivity index is 1.70. The van der Waals surface area contributed by atoms with E-state index in [-0.39, 0.29) is 11.8 Å². The first-order chi connectivity index (χ1) is 11.1. The second-order valence-corrected chi connectivity index (χ2v) is 6.03. The van der Waals surface area contributed by atoms with Gasteiger partial charge < -0.3 is 10.1 Å². The lowest BCUT2D eigenvalue weighted by atomic mass is 10.1. The fourth-order valence-electron chi connectivity index (χ4n) is 2.76. The molecule has 3 rings (SSSR count). The van der Waals surface area contributed by atoms with Crippen molar-refractivity contribution < 1.29 is 14.3 Å². The van der Waals surface area contributed by atoms with Gasteiger partial charge in [-0.3, -0.25) is 9.59 Å². The Hall–Kier alpha value is -2.21. The van der Waals surface area contributed by atoms with E-state index in [0.717, 1.165) is 18.6 Å². The Morgan fingerprint density at radius 3 is 3.04 bits per heavy atom. The maximum atomic E-state index is 12.3. The second kappa shape index (κ2) is 6.91. The van der Waals surface area contributed by atoms with Gasteiger partial charge in [-0.15, -0.1) is 0 Å². The number of carbonyl (C=O) groups excluding carboxylic acids is 2. The number of hydrazone groups is 1. The minimum atomic E-state index is -0.193. The molecule has 1 N–H and O–H groups in total. The summed E-state index contributed by atoms with van der Waals surface area (Å²) < 4.78 is 5.30. The topological polar surface area (TPSA) is 71.0 Å². The molecule has 23 heavy (non-hydrogen) atoms. The molecule has 1 atom stereocenters. The van der Waals surface area contributed by atoms with Crippen molar-refractivity contribution in [3.8, 4) is 0 Å². The van der Waals surface area contributed by atoms with Crippen LogP contribution in [-0.4, -0.2) is 37.3 Å². The van der Waals surface area contributed by atoms with Crippen molar-refractivity contribution in [3.05, 3.63) is 29.8 Å². The lowest BCUT2D eigenvalue weighted by molar-refractivity contribution is -0.119. The maximum Gasteiger partial charge on any atom is 0.267 e. The molecule has 6 heteroatoms. The van der Waals surface area contributed by atoms with Gasteiger partial charge in [-0.1, -0.05) is 12.1 Å². The average Bonchev–Trinajstić information content (AvgIpc) is 3.06. The van der Waals surface area contributed by atoms with E-state index in [1.807, 2.05) is 31.2 Å². The number of carbonyl (C=O) groups is 2. The molecule has 1 aromatic rings. The standard InChI is InChI=1S/C17H21N3O3/c1-12-3-2-4-14(9-12)20-16(21)6-5-15(19-20)17(22)18-10-13-7-8-23-11-13/h2-4,9,13H,5-8,10-11H2,1H3,(H,18,22)/t13-/m0/s1. The number of nitrogens with zero attached hydrogens (tertiary/aromatic N) is 2. The van der Waals surface area contributed by atoms with E-state index in [0.29, 0.717) is 43.3 Å². The third kappa shape index (κ3) is 3.76. The molecule has 6 nitrogen and oxygen atoms in total. The normalized spacial score (nSPS) is 21.3. The Morgan fingerprint density at radius 1 is 1.43 bits per heavy atom. The molecule has 1 fully saturated rings. The molecule has 0 bridgehead atoms. The Labute approximate surface area is 135 Å². The van der Waals surface area contributed by atoms with Crippen LogP contribution in [0.5, 0.6) is 0 Å². The maximum absolute atomic E-state index is 12.3. The summed E-state index contributed by atoms with van der Waals surface area (Å²) in [5.74, 6) is 0.0936. The highest BCUT2D eigenvalue weighted by molar-refractivity contribution is 6.40. The second-order valence-electron chi connectivity index (χ2n) is 6.03. The molecule has 2 aliphatic heterocycles. The van der Waals surface area contributed by atoms with Crippen molar-refractivity contribution >= 4 is 23.2 Å². The molecule has 0 unspecified atom stereocenters. The van der Waals surface area contributed by atoms with Crippen LogP contribution < -0.4 is 10.3 Å². The molecular weight excluding hydrogens is 294 g/mol. The molecule has 122 valence electrons. The van der Waals surface area contributed by atoms with Gasteiger partial charge in [0.1, 0.15) is 5.71 Å². The molecule has 0 aliphatic carbocycles. The minimum absolute atomic E-state index is 0.0867. The van der Waals surface area contributed by atoms with E-state index < -0.39 is 0 Å². The van der Waals surface area contributed by atoms with Gasteiger partial charge in [-0.05, 0) is 31.0 Å². The van der Waals surface area contributed by atoms with Gasteiger partial charge in [-0.25, -0.2) is 5.01 Å². The average molecular weight is 315 g/mol. The largest absolute Gasteiger partial charge is 0.381 e. The van der Waals surface area contributed by atoms with Crippen LogP contribution in [0.3, 0.4) is 0 Å². The summed E-state index contributed by atoms with van der Waals surface area (Å²) in [6.45, 7) is 4.01. The Kier molecular flexibility index (Phi) is 4.71. The highest BCUT2D eigenvalue weighted by Gasteiger charge is 2.26. The van der Waals surface area contributed by atoms with Crippen molar-refractivity contribution in [2.75, 3.05) is 24.8 Å². The zero-order chi connectivity index (χ0) is 16.2. The van der Waals surface area contributed by atoms with Crippen molar-refractivity contribution in [2.24, 2.45) is 11.0 Å². The van der Waals surface area contributed by atoms with Crippen LogP contribution in [0.4, 0.5) is 5.69 Å². The molecule has 0 aromatic heterocycles. The van der Waals surface area contributed by atoms with E-state index in [1.165, 1.54) is 5.01 Å². The monoisotopic (exact) mass is 315 g/mol. The summed E-state index contributed by atoms with van der Waals surface area (Å²) in [5.41, 5.74) is 2.15.